The predicted molar refractivity (Wildman–Crippen MR) is 62.9 cm³/mol. The molecule has 3 unspecified atom stereocenters. The Labute approximate surface area is 98.7 Å². The molecular weight excluding hydrogens is 202 g/mol. The van der Waals surface area contributed by atoms with Gasteiger partial charge in [0.1, 0.15) is 0 Å². The van der Waals surface area contributed by atoms with Gasteiger partial charge >= 0.3 is 0 Å². The van der Waals surface area contributed by atoms with Crippen molar-refractivity contribution < 1.29 is 9.47 Å². The maximum Gasteiger partial charge on any atom is 0.0645 e. The van der Waals surface area contributed by atoms with Gasteiger partial charge in [-0.3, -0.25) is 0 Å². The molecule has 92 valence electrons. The first-order valence-corrected chi connectivity index (χ1v) is 6.27. The van der Waals surface area contributed by atoms with Crippen molar-refractivity contribution in [3.8, 4) is 6.07 Å². The largest absolute Gasteiger partial charge is 0.384 e. The third-order valence-corrected chi connectivity index (χ3v) is 3.69. The first kappa shape index (κ1) is 13.5. The van der Waals surface area contributed by atoms with Crippen molar-refractivity contribution in [1.82, 2.24) is 0 Å². The van der Waals surface area contributed by atoms with Crippen molar-refractivity contribution in [2.45, 2.75) is 32.6 Å². The fourth-order valence-corrected chi connectivity index (χ4v) is 2.77. The number of nitrogens with zero attached hydrogens (tertiary/aromatic N) is 1. The van der Waals surface area contributed by atoms with E-state index in [-0.39, 0.29) is 0 Å². The van der Waals surface area contributed by atoms with Gasteiger partial charge in [-0.1, -0.05) is 13.3 Å². The monoisotopic (exact) mass is 225 g/mol. The van der Waals surface area contributed by atoms with Crippen LogP contribution in [0.5, 0.6) is 0 Å². The molecule has 0 saturated heterocycles. The van der Waals surface area contributed by atoms with Crippen molar-refractivity contribution in [2.24, 2.45) is 17.8 Å². The van der Waals surface area contributed by atoms with E-state index in [9.17, 15) is 0 Å². The lowest BCUT2D eigenvalue weighted by Gasteiger charge is -2.23. The standard InChI is InChI=1S/C13H23NO2/c1-3-11-5-6-12(13(11)10-15-2)9-16-8-4-7-14/h11-13H,3-6,8-10H2,1-2H3. The Morgan fingerprint density at radius 2 is 2.00 bits per heavy atom. The molecular formula is C13H23NO2. The summed E-state index contributed by atoms with van der Waals surface area (Å²) >= 11 is 0. The molecule has 1 aliphatic rings. The molecule has 16 heavy (non-hydrogen) atoms. The summed E-state index contributed by atoms with van der Waals surface area (Å²) in [7, 11) is 1.78. The number of methoxy groups -OCH3 is 1. The zero-order valence-corrected chi connectivity index (χ0v) is 10.4. The molecule has 1 saturated carbocycles. The second-order valence-electron chi connectivity index (χ2n) is 4.61. The van der Waals surface area contributed by atoms with Gasteiger partial charge in [-0.2, -0.15) is 5.26 Å². The third-order valence-electron chi connectivity index (χ3n) is 3.69. The molecule has 0 bridgehead atoms. The molecule has 1 rings (SSSR count). The number of hydrogen-bond donors (Lipinski definition) is 0. The molecule has 3 heteroatoms. The molecule has 0 spiro atoms. The summed E-state index contributed by atoms with van der Waals surface area (Å²) in [5.41, 5.74) is 0. The highest BCUT2D eigenvalue weighted by Gasteiger charge is 2.34. The Morgan fingerprint density at radius 1 is 1.25 bits per heavy atom. The van der Waals surface area contributed by atoms with Crippen LogP contribution in [0, 0.1) is 29.1 Å². The van der Waals surface area contributed by atoms with Crippen molar-refractivity contribution in [3.63, 3.8) is 0 Å². The van der Waals surface area contributed by atoms with Gasteiger partial charge in [0.05, 0.1) is 19.1 Å². The van der Waals surface area contributed by atoms with E-state index in [0.29, 0.717) is 24.9 Å². The predicted octanol–water partition coefficient (Wildman–Crippen LogP) is 2.62. The molecule has 0 aromatic carbocycles. The molecule has 3 nitrogen and oxygen atoms in total. The lowest BCUT2D eigenvalue weighted by atomic mass is 9.89. The SMILES string of the molecule is CCC1CCC(COCCC#N)C1COC. The topological polar surface area (TPSA) is 42.2 Å². The van der Waals surface area contributed by atoms with Crippen LogP contribution in [0.1, 0.15) is 32.6 Å². The number of rotatable bonds is 7. The Balaban J connectivity index is 2.31. The van der Waals surface area contributed by atoms with Gasteiger partial charge in [0.15, 0.2) is 0 Å². The Hall–Kier alpha value is -0.590. The van der Waals surface area contributed by atoms with Crippen LogP contribution < -0.4 is 0 Å². The zero-order valence-electron chi connectivity index (χ0n) is 10.4. The van der Waals surface area contributed by atoms with E-state index >= 15 is 0 Å². The van der Waals surface area contributed by atoms with E-state index in [1.165, 1.54) is 19.3 Å². The highest BCUT2D eigenvalue weighted by Crippen LogP contribution is 2.39. The summed E-state index contributed by atoms with van der Waals surface area (Å²) in [6.07, 6.45) is 4.29. The minimum atomic E-state index is 0.499. The molecule has 0 N–H and O–H groups in total. The van der Waals surface area contributed by atoms with E-state index in [2.05, 4.69) is 13.0 Å². The lowest BCUT2D eigenvalue weighted by Crippen LogP contribution is -2.23. The molecule has 0 aliphatic heterocycles. The van der Waals surface area contributed by atoms with Gasteiger partial charge in [0, 0.05) is 20.3 Å². The average molecular weight is 225 g/mol. The van der Waals surface area contributed by atoms with E-state index in [0.717, 1.165) is 19.1 Å². The second-order valence-corrected chi connectivity index (χ2v) is 4.61. The van der Waals surface area contributed by atoms with E-state index < -0.39 is 0 Å². The Bertz CT molecular complexity index is 224. The summed E-state index contributed by atoms with van der Waals surface area (Å²) < 4.78 is 10.9. The molecule has 1 aliphatic carbocycles. The molecule has 3 atom stereocenters. The molecule has 0 amide bonds. The van der Waals surface area contributed by atoms with Gasteiger partial charge in [0.25, 0.3) is 0 Å². The molecule has 1 fully saturated rings. The Morgan fingerprint density at radius 3 is 2.62 bits per heavy atom. The van der Waals surface area contributed by atoms with Gasteiger partial charge in [-0.25, -0.2) is 0 Å². The van der Waals surface area contributed by atoms with Crippen molar-refractivity contribution >= 4 is 0 Å². The second kappa shape index (κ2) is 7.65. The van der Waals surface area contributed by atoms with E-state index in [4.69, 9.17) is 14.7 Å². The maximum absolute atomic E-state index is 8.42. The van der Waals surface area contributed by atoms with Crippen LogP contribution in [0.4, 0.5) is 0 Å². The highest BCUT2D eigenvalue weighted by atomic mass is 16.5. The first-order valence-electron chi connectivity index (χ1n) is 6.27. The normalized spacial score (nSPS) is 29.2. The summed E-state index contributed by atoms with van der Waals surface area (Å²) in [5.74, 6) is 2.07. The summed E-state index contributed by atoms with van der Waals surface area (Å²) in [4.78, 5) is 0. The van der Waals surface area contributed by atoms with Crippen LogP contribution in [0.3, 0.4) is 0 Å². The van der Waals surface area contributed by atoms with Crippen LogP contribution >= 0.6 is 0 Å². The quantitative estimate of drug-likeness (QED) is 0.625. The number of hydrogen-bond acceptors (Lipinski definition) is 3. The minimum absolute atomic E-state index is 0.499. The van der Waals surface area contributed by atoms with Crippen LogP contribution in [0.2, 0.25) is 0 Å². The van der Waals surface area contributed by atoms with Crippen molar-refractivity contribution in [1.29, 1.82) is 5.26 Å². The molecule has 0 aromatic rings. The van der Waals surface area contributed by atoms with E-state index in [1.54, 1.807) is 7.11 Å². The fraction of sp³-hybridized carbons (Fsp3) is 0.923. The summed E-state index contributed by atoms with van der Waals surface area (Å²) in [6.45, 7) is 4.48. The number of ether oxygens (including phenoxy) is 2. The van der Waals surface area contributed by atoms with Crippen LogP contribution in [-0.2, 0) is 9.47 Å². The lowest BCUT2D eigenvalue weighted by molar-refractivity contribution is 0.0501. The molecule has 0 radical (unpaired) electrons. The minimum Gasteiger partial charge on any atom is -0.384 e. The van der Waals surface area contributed by atoms with Crippen molar-refractivity contribution in [3.05, 3.63) is 0 Å². The molecule has 0 heterocycles. The third kappa shape index (κ3) is 3.77. The van der Waals surface area contributed by atoms with E-state index in [1.807, 2.05) is 0 Å². The highest BCUT2D eigenvalue weighted by molar-refractivity contribution is 4.84. The zero-order chi connectivity index (χ0) is 11.8. The average Bonchev–Trinajstić information content (AvgIpc) is 2.68. The molecule has 0 aromatic heterocycles. The van der Waals surface area contributed by atoms with Crippen molar-refractivity contribution in [2.75, 3.05) is 26.9 Å². The van der Waals surface area contributed by atoms with Gasteiger partial charge in [0.2, 0.25) is 0 Å². The van der Waals surface area contributed by atoms with Crippen LogP contribution in [-0.4, -0.2) is 26.9 Å². The Kier molecular flexibility index (Phi) is 6.44. The van der Waals surface area contributed by atoms with Crippen LogP contribution in [0.25, 0.3) is 0 Å². The smallest absolute Gasteiger partial charge is 0.0645 e. The summed E-state index contributed by atoms with van der Waals surface area (Å²) in [6, 6.07) is 2.10. The van der Waals surface area contributed by atoms with Crippen LogP contribution in [0.15, 0.2) is 0 Å². The summed E-state index contributed by atoms with van der Waals surface area (Å²) in [5, 5.41) is 8.42. The number of nitriles is 1. The maximum atomic E-state index is 8.42. The first-order chi connectivity index (χ1) is 7.83. The van der Waals surface area contributed by atoms with Gasteiger partial charge in [-0.05, 0) is 30.6 Å². The van der Waals surface area contributed by atoms with Gasteiger partial charge in [-0.15, -0.1) is 0 Å². The fourth-order valence-electron chi connectivity index (χ4n) is 2.77. The van der Waals surface area contributed by atoms with Gasteiger partial charge < -0.3 is 9.47 Å².